The summed E-state index contributed by atoms with van der Waals surface area (Å²) >= 11 is 2.81. The Morgan fingerprint density at radius 2 is 2.11 bits per heavy atom. The van der Waals surface area contributed by atoms with Gasteiger partial charge in [-0.05, 0) is 36.4 Å². The van der Waals surface area contributed by atoms with Crippen molar-refractivity contribution in [3.05, 3.63) is 45.8 Å². The van der Waals surface area contributed by atoms with Crippen molar-refractivity contribution < 1.29 is 19.1 Å². The van der Waals surface area contributed by atoms with E-state index in [-0.39, 0.29) is 5.91 Å². The fourth-order valence-electron chi connectivity index (χ4n) is 2.98. The Bertz CT molecular complexity index is 910. The summed E-state index contributed by atoms with van der Waals surface area (Å²) in [5, 5.41) is 3.23. The van der Waals surface area contributed by atoms with Gasteiger partial charge in [-0.15, -0.1) is 23.1 Å². The van der Waals surface area contributed by atoms with E-state index in [1.165, 1.54) is 18.4 Å². The first-order valence-corrected chi connectivity index (χ1v) is 10.2. The van der Waals surface area contributed by atoms with Crippen LogP contribution in [0.3, 0.4) is 0 Å². The molecular weight excluding hydrogens is 386 g/mol. The molecule has 1 aliphatic heterocycles. The summed E-state index contributed by atoms with van der Waals surface area (Å²) in [7, 11) is 1.33. The van der Waals surface area contributed by atoms with Gasteiger partial charge in [0.15, 0.2) is 0 Å². The van der Waals surface area contributed by atoms with Crippen LogP contribution in [0.5, 0.6) is 0 Å². The molecule has 0 fully saturated rings. The molecule has 0 aliphatic carbocycles. The summed E-state index contributed by atoms with van der Waals surface area (Å²) in [6.45, 7) is 0.755. The average molecular weight is 406 g/mol. The monoisotopic (exact) mass is 405 g/mol. The highest BCUT2D eigenvalue weighted by atomic mass is 32.2. The van der Waals surface area contributed by atoms with Crippen LogP contribution in [-0.2, 0) is 17.7 Å². The zero-order chi connectivity index (χ0) is 19.6. The average Bonchev–Trinajstić information content (AvgIpc) is 3.04. The number of hydrogen-bond donors (Lipinski definition) is 2. The van der Waals surface area contributed by atoms with Gasteiger partial charge in [-0.2, -0.15) is 0 Å². The zero-order valence-electron chi connectivity index (χ0n) is 14.9. The molecule has 0 bridgehead atoms. The number of thioether (sulfide) groups is 1. The molecule has 0 unspecified atom stereocenters. The van der Waals surface area contributed by atoms with Crippen molar-refractivity contribution in [3.8, 4) is 0 Å². The van der Waals surface area contributed by atoms with E-state index < -0.39 is 12.0 Å². The molecule has 1 aliphatic rings. The van der Waals surface area contributed by atoms with Crippen LogP contribution in [0.15, 0.2) is 29.2 Å². The van der Waals surface area contributed by atoms with Gasteiger partial charge in [0.2, 0.25) is 0 Å². The molecule has 3 N–H and O–H groups in total. The minimum atomic E-state index is -0.591. The Balaban J connectivity index is 1.89. The zero-order valence-corrected chi connectivity index (χ0v) is 16.5. The van der Waals surface area contributed by atoms with Gasteiger partial charge in [-0.3, -0.25) is 9.59 Å². The smallest absolute Gasteiger partial charge is 0.409 e. The van der Waals surface area contributed by atoms with Crippen LogP contribution < -0.4 is 11.1 Å². The quantitative estimate of drug-likeness (QED) is 0.762. The number of primary amides is 1. The lowest BCUT2D eigenvalue weighted by Gasteiger charge is -2.25. The van der Waals surface area contributed by atoms with Crippen molar-refractivity contribution >= 4 is 46.0 Å². The summed E-state index contributed by atoms with van der Waals surface area (Å²) in [6.07, 6.45) is 1.99. The molecular formula is C18H19N3O4S2. The van der Waals surface area contributed by atoms with Crippen LogP contribution in [0.2, 0.25) is 0 Å². The molecule has 2 aromatic rings. The predicted octanol–water partition coefficient (Wildman–Crippen LogP) is 2.95. The van der Waals surface area contributed by atoms with Crippen LogP contribution >= 0.6 is 23.1 Å². The van der Waals surface area contributed by atoms with E-state index in [9.17, 15) is 14.4 Å². The van der Waals surface area contributed by atoms with Gasteiger partial charge in [0.25, 0.3) is 11.8 Å². The number of anilines is 1. The van der Waals surface area contributed by atoms with Gasteiger partial charge >= 0.3 is 6.09 Å². The lowest BCUT2D eigenvalue weighted by molar-refractivity contribution is 0.0999. The van der Waals surface area contributed by atoms with Gasteiger partial charge < -0.3 is 20.7 Å². The number of rotatable bonds is 4. The van der Waals surface area contributed by atoms with E-state index in [4.69, 9.17) is 10.5 Å². The molecule has 7 nitrogen and oxygen atoms in total. The molecule has 142 valence electrons. The van der Waals surface area contributed by atoms with Gasteiger partial charge in [0.05, 0.1) is 19.2 Å². The Morgan fingerprint density at radius 1 is 1.33 bits per heavy atom. The van der Waals surface area contributed by atoms with E-state index in [0.717, 1.165) is 15.3 Å². The van der Waals surface area contributed by atoms with Crippen molar-refractivity contribution in [1.82, 2.24) is 4.90 Å². The summed E-state index contributed by atoms with van der Waals surface area (Å²) in [6, 6.07) is 7.23. The van der Waals surface area contributed by atoms with E-state index in [1.54, 1.807) is 28.8 Å². The second-order valence-corrected chi connectivity index (χ2v) is 7.88. The first-order valence-electron chi connectivity index (χ1n) is 8.17. The maximum Gasteiger partial charge on any atom is 0.409 e. The normalized spacial score (nSPS) is 13.0. The summed E-state index contributed by atoms with van der Waals surface area (Å²) < 4.78 is 4.76. The number of thiophene rings is 1. The van der Waals surface area contributed by atoms with Gasteiger partial charge in [-0.1, -0.05) is 6.07 Å². The summed E-state index contributed by atoms with van der Waals surface area (Å²) in [5.74, 6) is -0.899. The number of fused-ring (bicyclic) bond motifs is 1. The first kappa shape index (κ1) is 19.2. The standard InChI is InChI=1S/C18H19N3O4S2/c1-25-18(24)21-7-6-12-13(9-21)27-17(14(12)15(19)22)20-16(23)10-4-3-5-11(8-10)26-2/h3-5,8H,6-7,9H2,1-2H3,(H2,19,22)(H,20,23). The molecule has 1 aromatic heterocycles. The van der Waals surface area contributed by atoms with Crippen molar-refractivity contribution in [2.75, 3.05) is 25.2 Å². The minimum absolute atomic E-state index is 0.308. The maximum atomic E-state index is 12.6. The molecule has 3 rings (SSSR count). The van der Waals surface area contributed by atoms with Crippen molar-refractivity contribution in [3.63, 3.8) is 0 Å². The molecule has 3 amide bonds. The van der Waals surface area contributed by atoms with E-state index in [1.807, 2.05) is 18.4 Å². The van der Waals surface area contributed by atoms with Crippen LogP contribution in [0.1, 0.15) is 31.2 Å². The van der Waals surface area contributed by atoms with Crippen LogP contribution in [-0.4, -0.2) is 42.7 Å². The number of nitrogens with one attached hydrogen (secondary N) is 1. The molecule has 0 radical (unpaired) electrons. The molecule has 9 heteroatoms. The van der Waals surface area contributed by atoms with Gasteiger partial charge in [-0.25, -0.2) is 4.79 Å². The predicted molar refractivity (Wildman–Crippen MR) is 106 cm³/mol. The number of benzene rings is 1. The molecule has 1 aromatic carbocycles. The molecule has 2 heterocycles. The Kier molecular flexibility index (Phi) is 5.71. The number of nitrogens with two attached hydrogens (primary N) is 1. The topological polar surface area (TPSA) is 102 Å². The fraction of sp³-hybridized carbons (Fsp3) is 0.278. The van der Waals surface area contributed by atoms with Crippen molar-refractivity contribution in [2.24, 2.45) is 5.73 Å². The molecule has 0 saturated heterocycles. The van der Waals surface area contributed by atoms with Crippen molar-refractivity contribution in [1.29, 1.82) is 0 Å². The van der Waals surface area contributed by atoms with E-state index in [2.05, 4.69) is 5.32 Å². The summed E-state index contributed by atoms with van der Waals surface area (Å²) in [5.41, 5.74) is 7.19. The third-order valence-corrected chi connectivity index (χ3v) is 6.15. The van der Waals surface area contributed by atoms with E-state index in [0.29, 0.717) is 35.6 Å². The highest BCUT2D eigenvalue weighted by molar-refractivity contribution is 7.98. The number of nitrogens with zero attached hydrogens (tertiary/aromatic N) is 1. The van der Waals surface area contributed by atoms with E-state index >= 15 is 0 Å². The Labute approximate surface area is 164 Å². The number of methoxy groups -OCH3 is 1. The Hall–Kier alpha value is -2.52. The lowest BCUT2D eigenvalue weighted by atomic mass is 10.0. The minimum Gasteiger partial charge on any atom is -0.453 e. The fourth-order valence-corrected chi connectivity index (χ4v) is 4.70. The number of carbonyl (C=O) groups is 3. The number of hydrogen-bond acceptors (Lipinski definition) is 6. The molecule has 0 saturated carbocycles. The second-order valence-electron chi connectivity index (χ2n) is 5.90. The molecule has 0 atom stereocenters. The highest BCUT2D eigenvalue weighted by Crippen LogP contribution is 2.37. The maximum absolute atomic E-state index is 12.6. The lowest BCUT2D eigenvalue weighted by Crippen LogP contribution is -2.35. The molecule has 27 heavy (non-hydrogen) atoms. The molecule has 0 spiro atoms. The largest absolute Gasteiger partial charge is 0.453 e. The van der Waals surface area contributed by atoms with Crippen LogP contribution in [0.4, 0.5) is 9.80 Å². The summed E-state index contributed by atoms with van der Waals surface area (Å²) in [4.78, 5) is 39.8. The number of ether oxygens (including phenoxy) is 1. The third kappa shape index (κ3) is 3.93. The van der Waals surface area contributed by atoms with Gasteiger partial charge in [0, 0.05) is 21.9 Å². The third-order valence-electron chi connectivity index (χ3n) is 4.30. The van der Waals surface area contributed by atoms with Crippen molar-refractivity contribution in [2.45, 2.75) is 17.9 Å². The van der Waals surface area contributed by atoms with Crippen LogP contribution in [0.25, 0.3) is 0 Å². The SMILES string of the molecule is COC(=O)N1CCc2c(sc(NC(=O)c3cccc(SC)c3)c2C(N)=O)C1. The second kappa shape index (κ2) is 8.01. The number of amides is 3. The van der Waals surface area contributed by atoms with Crippen LogP contribution in [0, 0.1) is 0 Å². The first-order chi connectivity index (χ1) is 12.9. The number of carbonyl (C=O) groups excluding carboxylic acids is 3. The van der Waals surface area contributed by atoms with Gasteiger partial charge in [0.1, 0.15) is 5.00 Å². The Morgan fingerprint density at radius 3 is 2.78 bits per heavy atom. The highest BCUT2D eigenvalue weighted by Gasteiger charge is 2.29.